The first-order valence-corrected chi connectivity index (χ1v) is 8.69. The summed E-state index contributed by atoms with van der Waals surface area (Å²) < 4.78 is -0.137. The summed E-state index contributed by atoms with van der Waals surface area (Å²) >= 11 is 24.1. The minimum atomic E-state index is -0.137. The van der Waals surface area contributed by atoms with Crippen LogP contribution >= 0.6 is 67.1 Å². The molecule has 1 heterocycles. The van der Waals surface area contributed by atoms with Crippen LogP contribution in [0.15, 0.2) is 16.9 Å². The Morgan fingerprint density at radius 3 is 2.16 bits per heavy atom. The van der Waals surface area contributed by atoms with Crippen LogP contribution in [0.4, 0.5) is 5.00 Å². The highest BCUT2D eigenvalue weighted by molar-refractivity contribution is 7.70. The predicted molar refractivity (Wildman–Crippen MR) is 87.1 cm³/mol. The Balaban J connectivity index is 2.32. The summed E-state index contributed by atoms with van der Waals surface area (Å²) in [5.41, 5.74) is 0.747. The summed E-state index contributed by atoms with van der Waals surface area (Å²) in [5.74, 6) is 0. The van der Waals surface area contributed by atoms with E-state index in [4.69, 9.17) is 46.4 Å². The van der Waals surface area contributed by atoms with Crippen molar-refractivity contribution in [1.29, 1.82) is 0 Å². The Morgan fingerprint density at radius 1 is 1.11 bits per heavy atom. The van der Waals surface area contributed by atoms with Gasteiger partial charge in [0.15, 0.2) is 0 Å². The summed E-state index contributed by atoms with van der Waals surface area (Å²) in [5, 5.41) is 2.41. The van der Waals surface area contributed by atoms with E-state index in [0.29, 0.717) is 26.6 Å². The van der Waals surface area contributed by atoms with Crippen LogP contribution in [0.5, 0.6) is 0 Å². The van der Waals surface area contributed by atoms with Crippen LogP contribution < -0.4 is 9.64 Å². The molecule has 0 atom stereocenters. The molecule has 1 aromatic carbocycles. The summed E-state index contributed by atoms with van der Waals surface area (Å²) in [6, 6.07) is 3.27. The number of anilines is 1. The van der Waals surface area contributed by atoms with Gasteiger partial charge in [-0.1, -0.05) is 56.7 Å². The normalized spacial score (nSPS) is 10.8. The van der Waals surface area contributed by atoms with Gasteiger partial charge < -0.3 is 4.90 Å². The van der Waals surface area contributed by atoms with Crippen molar-refractivity contribution in [3.8, 4) is 0 Å². The molecular formula is C11H7Cl4NOS2. The maximum Gasteiger partial charge on any atom is 0.263 e. The quantitative estimate of drug-likeness (QED) is 0.668. The summed E-state index contributed by atoms with van der Waals surface area (Å²) in [4.78, 5) is 13.2. The zero-order valence-corrected chi connectivity index (χ0v) is 14.2. The lowest BCUT2D eigenvalue weighted by atomic mass is 10.2. The van der Waals surface area contributed by atoms with Crippen molar-refractivity contribution < 1.29 is 0 Å². The van der Waals surface area contributed by atoms with Crippen LogP contribution in [-0.2, 0) is 6.54 Å². The molecule has 19 heavy (non-hydrogen) atoms. The van der Waals surface area contributed by atoms with Gasteiger partial charge in [0.05, 0.1) is 0 Å². The molecule has 0 fully saturated rings. The zero-order valence-electron chi connectivity index (χ0n) is 9.55. The third-order valence-electron chi connectivity index (χ3n) is 2.41. The van der Waals surface area contributed by atoms with Gasteiger partial charge in [0.1, 0.15) is 10.0 Å². The van der Waals surface area contributed by atoms with Gasteiger partial charge in [-0.25, -0.2) is 0 Å². The third kappa shape index (κ3) is 3.38. The van der Waals surface area contributed by atoms with Crippen LogP contribution in [0.3, 0.4) is 0 Å². The molecule has 0 saturated heterocycles. The number of halogens is 4. The van der Waals surface area contributed by atoms with Crippen LogP contribution in [0.25, 0.3) is 0 Å². The SMILES string of the molecule is CN(Cc1c(Cl)cc(Cl)cc1Cl)c1ssc(=O)c1Cl. The number of rotatable bonds is 3. The highest BCUT2D eigenvalue weighted by atomic mass is 35.5. The summed E-state index contributed by atoms with van der Waals surface area (Å²) in [6.07, 6.45) is 0. The van der Waals surface area contributed by atoms with Crippen molar-refractivity contribution in [3.63, 3.8) is 0 Å². The van der Waals surface area contributed by atoms with Gasteiger partial charge in [-0.3, -0.25) is 4.79 Å². The second-order valence-corrected chi connectivity index (χ2v) is 7.50. The van der Waals surface area contributed by atoms with Gasteiger partial charge in [0.2, 0.25) is 0 Å². The molecule has 0 saturated carbocycles. The Hall–Kier alpha value is 0.0300. The standard InChI is InChI=1S/C11H7Cl4NOS2/c1-16(10-9(15)11(17)19-18-10)4-6-7(13)2-5(12)3-8(6)14/h2-3H,4H2,1H3. The van der Waals surface area contributed by atoms with Gasteiger partial charge in [-0.05, 0) is 22.5 Å². The van der Waals surface area contributed by atoms with Gasteiger partial charge in [0.25, 0.3) is 4.74 Å². The molecule has 0 spiro atoms. The summed E-state index contributed by atoms with van der Waals surface area (Å²) in [6.45, 7) is 0.446. The van der Waals surface area contributed by atoms with Crippen LogP contribution in [0.2, 0.25) is 20.1 Å². The average Bonchev–Trinajstić information content (AvgIpc) is 2.64. The molecule has 1 aromatic heterocycles. The maximum absolute atomic E-state index is 11.4. The van der Waals surface area contributed by atoms with Crippen LogP contribution in [0, 0.1) is 0 Å². The van der Waals surface area contributed by atoms with Gasteiger partial charge in [0, 0.05) is 34.2 Å². The molecule has 2 rings (SSSR count). The van der Waals surface area contributed by atoms with E-state index < -0.39 is 0 Å². The van der Waals surface area contributed by atoms with Crippen molar-refractivity contribution in [2.45, 2.75) is 6.54 Å². The Bertz CT molecular complexity index is 644. The maximum atomic E-state index is 11.4. The molecular weight excluding hydrogens is 368 g/mol. The smallest absolute Gasteiger partial charge is 0.263 e. The van der Waals surface area contributed by atoms with Gasteiger partial charge in [-0.2, -0.15) is 0 Å². The fourth-order valence-corrected chi connectivity index (χ4v) is 5.18. The molecule has 2 aromatic rings. The van der Waals surface area contributed by atoms with E-state index in [-0.39, 0.29) is 9.77 Å². The van der Waals surface area contributed by atoms with E-state index >= 15 is 0 Å². The third-order valence-corrected chi connectivity index (χ3v) is 6.17. The van der Waals surface area contributed by atoms with E-state index in [0.717, 1.165) is 15.9 Å². The number of nitrogens with zero attached hydrogens (tertiary/aromatic N) is 1. The van der Waals surface area contributed by atoms with Crippen molar-refractivity contribution in [1.82, 2.24) is 0 Å². The van der Waals surface area contributed by atoms with Gasteiger partial charge in [-0.15, -0.1) is 0 Å². The molecule has 0 radical (unpaired) electrons. The first-order valence-electron chi connectivity index (χ1n) is 5.03. The fourth-order valence-electron chi connectivity index (χ4n) is 1.50. The lowest BCUT2D eigenvalue weighted by Crippen LogP contribution is -2.16. The van der Waals surface area contributed by atoms with Gasteiger partial charge >= 0.3 is 0 Å². The van der Waals surface area contributed by atoms with Crippen molar-refractivity contribution in [2.24, 2.45) is 0 Å². The minimum Gasteiger partial charge on any atom is -0.360 e. The molecule has 0 aliphatic carbocycles. The number of benzene rings is 1. The minimum absolute atomic E-state index is 0.137. The first-order chi connectivity index (χ1) is 8.90. The first kappa shape index (κ1) is 15.4. The Kier molecular flexibility index (Phi) is 5.04. The van der Waals surface area contributed by atoms with Crippen molar-refractivity contribution in [3.05, 3.63) is 47.3 Å². The largest absolute Gasteiger partial charge is 0.360 e. The predicted octanol–water partition coefficient (Wildman–Crippen LogP) is 5.42. The highest BCUT2D eigenvalue weighted by Gasteiger charge is 2.16. The molecule has 0 bridgehead atoms. The molecule has 0 unspecified atom stereocenters. The molecule has 0 aliphatic rings. The summed E-state index contributed by atoms with van der Waals surface area (Å²) in [7, 11) is 4.26. The van der Waals surface area contributed by atoms with E-state index in [1.807, 2.05) is 11.9 Å². The molecule has 0 amide bonds. The topological polar surface area (TPSA) is 20.3 Å². The van der Waals surface area contributed by atoms with Crippen LogP contribution in [-0.4, -0.2) is 7.05 Å². The molecule has 0 aliphatic heterocycles. The molecule has 0 N–H and O–H groups in total. The number of hydrogen-bond acceptors (Lipinski definition) is 4. The molecule has 2 nitrogen and oxygen atoms in total. The Labute approximate surface area is 137 Å². The van der Waals surface area contributed by atoms with E-state index in [1.165, 1.54) is 10.3 Å². The number of hydrogen-bond donors (Lipinski definition) is 0. The molecule has 102 valence electrons. The van der Waals surface area contributed by atoms with Crippen LogP contribution in [0.1, 0.15) is 5.56 Å². The lowest BCUT2D eigenvalue weighted by molar-refractivity contribution is 0.935. The zero-order chi connectivity index (χ0) is 14.2. The Morgan fingerprint density at radius 2 is 1.68 bits per heavy atom. The highest BCUT2D eigenvalue weighted by Crippen LogP contribution is 2.34. The monoisotopic (exact) mass is 373 g/mol. The second-order valence-electron chi connectivity index (χ2n) is 3.78. The van der Waals surface area contributed by atoms with E-state index in [2.05, 4.69) is 0 Å². The average molecular weight is 375 g/mol. The fraction of sp³-hybridized carbons (Fsp3) is 0.182. The van der Waals surface area contributed by atoms with Crippen molar-refractivity contribution in [2.75, 3.05) is 11.9 Å². The molecule has 8 heteroatoms. The van der Waals surface area contributed by atoms with Crippen molar-refractivity contribution >= 4 is 72.1 Å². The second kappa shape index (κ2) is 6.20. The van der Waals surface area contributed by atoms with E-state index in [1.54, 1.807) is 12.1 Å². The lowest BCUT2D eigenvalue weighted by Gasteiger charge is -2.19. The van der Waals surface area contributed by atoms with E-state index in [9.17, 15) is 4.79 Å².